The quantitative estimate of drug-likeness (QED) is 0.851. The maximum absolute atomic E-state index is 12.4. The van der Waals surface area contributed by atoms with E-state index in [1.54, 1.807) is 0 Å². The molecule has 0 aliphatic carbocycles. The molecule has 0 radical (unpaired) electrons. The summed E-state index contributed by atoms with van der Waals surface area (Å²) in [5, 5.41) is 4.07. The summed E-state index contributed by atoms with van der Waals surface area (Å²) in [5.74, 6) is 1.32. The molecule has 1 aliphatic rings. The Balaban J connectivity index is 1.83. The van der Waals surface area contributed by atoms with Crippen molar-refractivity contribution < 1.29 is 9.32 Å². The number of amides is 1. The van der Waals surface area contributed by atoms with Crippen molar-refractivity contribution in [3.8, 4) is 0 Å². The lowest BCUT2D eigenvalue weighted by Gasteiger charge is -2.17. The van der Waals surface area contributed by atoms with Gasteiger partial charge in [-0.15, -0.1) is 0 Å². The van der Waals surface area contributed by atoms with Crippen LogP contribution in [0.3, 0.4) is 0 Å². The fourth-order valence-corrected chi connectivity index (χ4v) is 2.93. The van der Waals surface area contributed by atoms with Gasteiger partial charge in [0.05, 0.1) is 5.92 Å². The van der Waals surface area contributed by atoms with Crippen LogP contribution in [0.2, 0.25) is 0 Å². The van der Waals surface area contributed by atoms with Crippen molar-refractivity contribution in [2.24, 2.45) is 0 Å². The number of benzene rings is 1. The van der Waals surface area contributed by atoms with Crippen molar-refractivity contribution in [2.45, 2.75) is 52.4 Å². The summed E-state index contributed by atoms with van der Waals surface area (Å²) in [7, 11) is 0. The van der Waals surface area contributed by atoms with Crippen LogP contribution in [0.15, 0.2) is 22.7 Å². The zero-order valence-corrected chi connectivity index (χ0v) is 14.4. The second-order valence-corrected chi connectivity index (χ2v) is 7.46. The molecule has 0 N–H and O–H groups in total. The number of rotatable bonds is 2. The maximum atomic E-state index is 12.4. The molecule has 5 heteroatoms. The summed E-state index contributed by atoms with van der Waals surface area (Å²) in [5.41, 5.74) is 3.11. The van der Waals surface area contributed by atoms with Gasteiger partial charge in [0.15, 0.2) is 5.82 Å². The third-order valence-corrected chi connectivity index (χ3v) is 4.10. The predicted octanol–water partition coefficient (Wildman–Crippen LogP) is 3.50. The summed E-state index contributed by atoms with van der Waals surface area (Å²) in [6.07, 6.45) is 0.415. The largest absolute Gasteiger partial charge is 0.339 e. The molecule has 1 atom stereocenters. The minimum atomic E-state index is -0.155. The van der Waals surface area contributed by atoms with Crippen molar-refractivity contribution >= 4 is 11.6 Å². The molecule has 3 rings (SSSR count). The van der Waals surface area contributed by atoms with E-state index in [9.17, 15) is 4.79 Å². The van der Waals surface area contributed by atoms with Crippen molar-refractivity contribution in [3.05, 3.63) is 41.0 Å². The van der Waals surface area contributed by atoms with E-state index in [1.807, 2.05) is 51.7 Å². The Morgan fingerprint density at radius 2 is 1.83 bits per heavy atom. The number of carbonyl (C=O) groups is 1. The molecule has 1 aliphatic heterocycles. The van der Waals surface area contributed by atoms with E-state index in [1.165, 1.54) is 0 Å². The number of nitrogens with zero attached hydrogens (tertiary/aromatic N) is 3. The van der Waals surface area contributed by atoms with E-state index in [2.05, 4.69) is 16.2 Å². The van der Waals surface area contributed by atoms with Gasteiger partial charge in [0.25, 0.3) is 0 Å². The average Bonchev–Trinajstić information content (AvgIpc) is 3.03. The molecular formula is C18H23N3O2. The van der Waals surface area contributed by atoms with E-state index in [-0.39, 0.29) is 17.2 Å². The van der Waals surface area contributed by atoms with Crippen LogP contribution >= 0.6 is 0 Å². The molecule has 2 aromatic rings. The first kappa shape index (κ1) is 15.7. The smallest absolute Gasteiger partial charge is 0.232 e. The van der Waals surface area contributed by atoms with Gasteiger partial charge in [0.2, 0.25) is 11.8 Å². The normalized spacial score (nSPS) is 18.7. The first-order valence-electron chi connectivity index (χ1n) is 7.97. The van der Waals surface area contributed by atoms with E-state index >= 15 is 0 Å². The van der Waals surface area contributed by atoms with Gasteiger partial charge in [-0.1, -0.05) is 32.0 Å². The zero-order valence-electron chi connectivity index (χ0n) is 14.4. The Morgan fingerprint density at radius 1 is 1.17 bits per heavy atom. The summed E-state index contributed by atoms with van der Waals surface area (Å²) in [6, 6.07) is 6.19. The molecular weight excluding hydrogens is 290 g/mol. The lowest BCUT2D eigenvalue weighted by molar-refractivity contribution is -0.117. The topological polar surface area (TPSA) is 59.2 Å². The van der Waals surface area contributed by atoms with Crippen LogP contribution in [0, 0.1) is 13.8 Å². The van der Waals surface area contributed by atoms with Gasteiger partial charge >= 0.3 is 0 Å². The van der Waals surface area contributed by atoms with Gasteiger partial charge in [-0.2, -0.15) is 4.98 Å². The Kier molecular flexibility index (Phi) is 3.74. The fourth-order valence-electron chi connectivity index (χ4n) is 2.93. The van der Waals surface area contributed by atoms with Crippen molar-refractivity contribution in [2.75, 3.05) is 11.4 Å². The van der Waals surface area contributed by atoms with Gasteiger partial charge in [0, 0.05) is 24.1 Å². The molecule has 1 fully saturated rings. The number of aryl methyl sites for hydroxylation is 2. The molecule has 0 bridgehead atoms. The molecule has 23 heavy (non-hydrogen) atoms. The van der Waals surface area contributed by atoms with Gasteiger partial charge in [-0.25, -0.2) is 0 Å². The maximum Gasteiger partial charge on any atom is 0.232 e. The highest BCUT2D eigenvalue weighted by atomic mass is 16.5. The van der Waals surface area contributed by atoms with E-state index < -0.39 is 0 Å². The van der Waals surface area contributed by atoms with Crippen LogP contribution in [0.25, 0.3) is 0 Å². The van der Waals surface area contributed by atoms with E-state index in [4.69, 9.17) is 4.52 Å². The number of carbonyl (C=O) groups excluding carboxylic acids is 1. The third kappa shape index (κ3) is 3.14. The molecule has 0 saturated carbocycles. The third-order valence-electron chi connectivity index (χ3n) is 4.10. The number of aromatic nitrogens is 2. The standard InChI is InChI=1S/C18H23N3O2/c1-11-6-12(2)8-14(7-11)21-10-13(9-15(21)22)16-19-17(20-23-16)18(3,4)5/h6-8,13H,9-10H2,1-5H3. The minimum absolute atomic E-state index is 0.0353. The number of anilines is 1. The molecule has 1 amide bonds. The molecule has 1 unspecified atom stereocenters. The van der Waals surface area contributed by atoms with E-state index in [0.29, 0.717) is 24.7 Å². The van der Waals surface area contributed by atoms with E-state index in [0.717, 1.165) is 16.8 Å². The van der Waals surface area contributed by atoms with Crippen LogP contribution in [0.5, 0.6) is 0 Å². The van der Waals surface area contributed by atoms with Crippen molar-refractivity contribution in [1.82, 2.24) is 10.1 Å². The van der Waals surface area contributed by atoms with Crippen LogP contribution in [-0.2, 0) is 10.2 Å². The Bertz CT molecular complexity index is 723. The van der Waals surface area contributed by atoms with Crippen LogP contribution in [0.4, 0.5) is 5.69 Å². The summed E-state index contributed by atoms with van der Waals surface area (Å²) >= 11 is 0. The molecule has 122 valence electrons. The second-order valence-electron chi connectivity index (χ2n) is 7.46. The Morgan fingerprint density at radius 3 is 2.39 bits per heavy atom. The van der Waals surface area contributed by atoms with Crippen LogP contribution < -0.4 is 4.90 Å². The van der Waals surface area contributed by atoms with Gasteiger partial charge in [0.1, 0.15) is 0 Å². The monoisotopic (exact) mass is 313 g/mol. The number of hydrogen-bond donors (Lipinski definition) is 0. The fraction of sp³-hybridized carbons (Fsp3) is 0.500. The molecule has 5 nitrogen and oxygen atoms in total. The molecule has 1 aromatic carbocycles. The molecule has 0 spiro atoms. The lowest BCUT2D eigenvalue weighted by atomic mass is 9.96. The van der Waals surface area contributed by atoms with Gasteiger partial charge < -0.3 is 9.42 Å². The summed E-state index contributed by atoms with van der Waals surface area (Å²) < 4.78 is 5.42. The number of hydrogen-bond acceptors (Lipinski definition) is 4. The van der Waals surface area contributed by atoms with Crippen LogP contribution in [0.1, 0.15) is 56.0 Å². The van der Waals surface area contributed by atoms with Gasteiger partial charge in [-0.05, 0) is 37.1 Å². The van der Waals surface area contributed by atoms with Crippen molar-refractivity contribution in [1.29, 1.82) is 0 Å². The predicted molar refractivity (Wildman–Crippen MR) is 88.6 cm³/mol. The zero-order chi connectivity index (χ0) is 16.8. The van der Waals surface area contributed by atoms with Crippen molar-refractivity contribution in [3.63, 3.8) is 0 Å². The highest BCUT2D eigenvalue weighted by Gasteiger charge is 2.36. The van der Waals surface area contributed by atoms with Crippen LogP contribution in [-0.4, -0.2) is 22.6 Å². The average molecular weight is 313 g/mol. The second kappa shape index (κ2) is 5.48. The first-order chi connectivity index (χ1) is 10.7. The summed E-state index contributed by atoms with van der Waals surface area (Å²) in [4.78, 5) is 18.8. The molecule has 1 aromatic heterocycles. The minimum Gasteiger partial charge on any atom is -0.339 e. The summed E-state index contributed by atoms with van der Waals surface area (Å²) in [6.45, 7) is 10.8. The molecule has 2 heterocycles. The van der Waals surface area contributed by atoms with Gasteiger partial charge in [-0.3, -0.25) is 4.79 Å². The SMILES string of the molecule is Cc1cc(C)cc(N2CC(c3nc(C(C)(C)C)no3)CC2=O)c1. The Labute approximate surface area is 136 Å². The lowest BCUT2D eigenvalue weighted by Crippen LogP contribution is -2.24. The first-order valence-corrected chi connectivity index (χ1v) is 7.97. The molecule has 1 saturated heterocycles. The highest BCUT2D eigenvalue weighted by Crippen LogP contribution is 2.32. The Hall–Kier alpha value is -2.17. The highest BCUT2D eigenvalue weighted by molar-refractivity contribution is 5.96.